The van der Waals surface area contributed by atoms with Crippen molar-refractivity contribution in [3.8, 4) is 11.5 Å². The number of phenolic OH excluding ortho intramolecular Hbond substituents is 1. The number of nitrogens with zero attached hydrogens (tertiary/aromatic N) is 3. The molecule has 0 radical (unpaired) electrons. The van der Waals surface area contributed by atoms with Crippen LogP contribution in [0.3, 0.4) is 0 Å². The number of phenols is 1. The minimum Gasteiger partial charge on any atom is -0.507 e. The summed E-state index contributed by atoms with van der Waals surface area (Å²) in [6.45, 7) is 7.70. The highest BCUT2D eigenvalue weighted by Crippen LogP contribution is 2.27. The smallest absolute Gasteiger partial charge is 0.128 e. The first-order valence-electron chi connectivity index (χ1n) is 9.59. The summed E-state index contributed by atoms with van der Waals surface area (Å²) in [5.74, 6) is 0.903. The molecule has 0 spiro atoms. The summed E-state index contributed by atoms with van der Waals surface area (Å²) in [5, 5.41) is 12.4. The second-order valence-corrected chi connectivity index (χ2v) is 7.91. The average Bonchev–Trinajstić information content (AvgIpc) is 3.20. The topological polar surface area (TPSA) is 48.3 Å². The summed E-state index contributed by atoms with van der Waals surface area (Å²) >= 11 is 1.79. The van der Waals surface area contributed by atoms with Gasteiger partial charge in [0, 0.05) is 48.9 Å². The van der Waals surface area contributed by atoms with E-state index >= 15 is 0 Å². The van der Waals surface area contributed by atoms with E-state index in [2.05, 4.69) is 46.3 Å². The number of likely N-dealkylation sites (N-methyl/N-ethyl adjacent to an activating group) is 1. The fraction of sp³-hybridized carbons (Fsp3) is 0.476. The number of hydrogen-bond acceptors (Lipinski definition) is 6. The van der Waals surface area contributed by atoms with Crippen molar-refractivity contribution in [1.29, 1.82) is 0 Å². The Hall–Kier alpha value is -1.89. The van der Waals surface area contributed by atoms with E-state index in [-0.39, 0.29) is 5.75 Å². The number of aromatic hydroxyl groups is 1. The minimum atomic E-state index is 0.208. The normalized spacial score (nSPS) is 17.4. The van der Waals surface area contributed by atoms with Crippen LogP contribution in [0.25, 0.3) is 0 Å². The van der Waals surface area contributed by atoms with Gasteiger partial charge in [0.25, 0.3) is 0 Å². The summed E-state index contributed by atoms with van der Waals surface area (Å²) < 4.78 is 5.56. The summed E-state index contributed by atoms with van der Waals surface area (Å²) in [5.41, 5.74) is 0.724. The number of hydrogen-bond donors (Lipinski definition) is 1. The Labute approximate surface area is 165 Å². The minimum absolute atomic E-state index is 0.208. The molecule has 1 saturated heterocycles. The van der Waals surface area contributed by atoms with Gasteiger partial charge in [0.1, 0.15) is 11.5 Å². The number of rotatable bonds is 8. The van der Waals surface area contributed by atoms with Crippen molar-refractivity contribution >= 4 is 17.6 Å². The van der Waals surface area contributed by atoms with Crippen molar-refractivity contribution in [2.75, 3.05) is 46.4 Å². The molecular weight excluding hydrogens is 358 g/mol. The van der Waals surface area contributed by atoms with Crippen molar-refractivity contribution in [2.45, 2.75) is 19.4 Å². The van der Waals surface area contributed by atoms with Crippen LogP contribution in [-0.2, 0) is 0 Å². The average molecular weight is 388 g/mol. The Morgan fingerprint density at radius 2 is 2.07 bits per heavy atom. The molecule has 2 aromatic rings. The predicted molar refractivity (Wildman–Crippen MR) is 112 cm³/mol. The van der Waals surface area contributed by atoms with Gasteiger partial charge in [-0.15, -0.1) is 11.3 Å². The van der Waals surface area contributed by atoms with E-state index in [1.807, 2.05) is 12.1 Å². The number of thiophene rings is 1. The van der Waals surface area contributed by atoms with Gasteiger partial charge in [-0.05, 0) is 37.0 Å². The van der Waals surface area contributed by atoms with E-state index in [1.54, 1.807) is 23.6 Å². The van der Waals surface area contributed by atoms with Gasteiger partial charge in [0.05, 0.1) is 19.2 Å². The highest BCUT2D eigenvalue weighted by Gasteiger charge is 2.24. The second-order valence-electron chi connectivity index (χ2n) is 6.93. The molecule has 27 heavy (non-hydrogen) atoms. The lowest BCUT2D eigenvalue weighted by Crippen LogP contribution is -2.46. The Morgan fingerprint density at radius 3 is 2.74 bits per heavy atom. The van der Waals surface area contributed by atoms with E-state index in [9.17, 15) is 5.11 Å². The summed E-state index contributed by atoms with van der Waals surface area (Å²) in [6, 6.07) is 10.0. The maximum Gasteiger partial charge on any atom is 0.128 e. The van der Waals surface area contributed by atoms with E-state index in [0.717, 1.165) is 38.2 Å². The molecule has 1 aliphatic heterocycles. The molecule has 1 N–H and O–H groups in total. The van der Waals surface area contributed by atoms with E-state index in [1.165, 1.54) is 4.88 Å². The Kier molecular flexibility index (Phi) is 7.26. The largest absolute Gasteiger partial charge is 0.507 e. The number of piperazine rings is 1. The van der Waals surface area contributed by atoms with Gasteiger partial charge in [0.2, 0.25) is 0 Å². The second kappa shape index (κ2) is 9.88. The molecule has 0 saturated carbocycles. The van der Waals surface area contributed by atoms with Crippen LogP contribution < -0.4 is 4.74 Å². The molecule has 1 aliphatic rings. The van der Waals surface area contributed by atoms with Crippen LogP contribution in [0.15, 0.2) is 40.7 Å². The lowest BCUT2D eigenvalue weighted by Gasteiger charge is -2.37. The van der Waals surface area contributed by atoms with Crippen molar-refractivity contribution < 1.29 is 9.84 Å². The van der Waals surface area contributed by atoms with Crippen molar-refractivity contribution in [2.24, 2.45) is 4.99 Å². The van der Waals surface area contributed by atoms with Gasteiger partial charge in [-0.3, -0.25) is 9.89 Å². The van der Waals surface area contributed by atoms with E-state index < -0.39 is 0 Å². The van der Waals surface area contributed by atoms with Crippen LogP contribution >= 0.6 is 11.3 Å². The Balaban J connectivity index is 1.66. The van der Waals surface area contributed by atoms with Crippen LogP contribution in [0.1, 0.15) is 29.8 Å². The van der Waals surface area contributed by atoms with Crippen molar-refractivity contribution in [3.05, 3.63) is 46.2 Å². The molecule has 1 fully saturated rings. The summed E-state index contributed by atoms with van der Waals surface area (Å²) in [4.78, 5) is 10.9. The van der Waals surface area contributed by atoms with Crippen LogP contribution in [0.4, 0.5) is 0 Å². The first-order chi connectivity index (χ1) is 13.2. The van der Waals surface area contributed by atoms with Crippen molar-refractivity contribution in [3.63, 3.8) is 0 Å². The quantitative estimate of drug-likeness (QED) is 0.703. The molecule has 1 aromatic carbocycles. The molecule has 5 nitrogen and oxygen atoms in total. The van der Waals surface area contributed by atoms with Crippen LogP contribution in [0.2, 0.25) is 0 Å². The third-order valence-electron chi connectivity index (χ3n) is 4.83. The van der Waals surface area contributed by atoms with Gasteiger partial charge < -0.3 is 14.7 Å². The number of aliphatic imine (C=N–C) groups is 1. The standard InChI is InChI=1S/C21H29N3O2S/c1-3-12-26-18-7-6-17(20(25)14-18)15-22-16-19(21-5-4-13-27-21)24-10-8-23(2)9-11-24/h4-7,13-15,19,25H,3,8-12,16H2,1-2H3/t19-/m0/s1. The molecule has 0 amide bonds. The fourth-order valence-electron chi connectivity index (χ4n) is 3.19. The van der Waals surface area contributed by atoms with Crippen LogP contribution in [0.5, 0.6) is 11.5 Å². The van der Waals surface area contributed by atoms with Gasteiger partial charge >= 0.3 is 0 Å². The highest BCUT2D eigenvalue weighted by atomic mass is 32.1. The zero-order valence-electron chi connectivity index (χ0n) is 16.2. The van der Waals surface area contributed by atoms with Gasteiger partial charge in [-0.2, -0.15) is 0 Å². The summed E-state index contributed by atoms with van der Waals surface area (Å²) in [7, 11) is 2.17. The summed E-state index contributed by atoms with van der Waals surface area (Å²) in [6.07, 6.45) is 2.72. The zero-order chi connectivity index (χ0) is 19.1. The Morgan fingerprint density at radius 1 is 1.26 bits per heavy atom. The zero-order valence-corrected chi connectivity index (χ0v) is 17.0. The molecular formula is C21H29N3O2S. The molecule has 1 aromatic heterocycles. The molecule has 146 valence electrons. The lowest BCUT2D eigenvalue weighted by molar-refractivity contribution is 0.116. The SMILES string of the molecule is CCCOc1ccc(C=NC[C@@H](c2cccs2)N2CCN(C)CC2)c(O)c1. The molecule has 0 unspecified atom stereocenters. The maximum atomic E-state index is 10.2. The monoisotopic (exact) mass is 387 g/mol. The van der Waals surface area contributed by atoms with Crippen LogP contribution in [0, 0.1) is 0 Å². The molecule has 0 aliphatic carbocycles. The van der Waals surface area contributed by atoms with E-state index in [0.29, 0.717) is 24.9 Å². The third kappa shape index (κ3) is 5.54. The molecule has 3 rings (SSSR count). The maximum absolute atomic E-state index is 10.2. The van der Waals surface area contributed by atoms with Gasteiger partial charge in [-0.25, -0.2) is 0 Å². The first-order valence-corrected chi connectivity index (χ1v) is 10.5. The molecule has 2 heterocycles. The van der Waals surface area contributed by atoms with Gasteiger partial charge in [-0.1, -0.05) is 13.0 Å². The molecule has 6 heteroatoms. The molecule has 1 atom stereocenters. The Bertz CT molecular complexity index is 725. The number of ether oxygens (including phenoxy) is 1. The highest BCUT2D eigenvalue weighted by molar-refractivity contribution is 7.10. The van der Waals surface area contributed by atoms with Crippen molar-refractivity contribution in [1.82, 2.24) is 9.80 Å². The van der Waals surface area contributed by atoms with Gasteiger partial charge in [0.15, 0.2) is 0 Å². The number of benzene rings is 1. The third-order valence-corrected chi connectivity index (χ3v) is 5.81. The lowest BCUT2D eigenvalue weighted by atomic mass is 10.1. The van der Waals surface area contributed by atoms with E-state index in [4.69, 9.17) is 4.74 Å². The first kappa shape index (κ1) is 19.9. The molecule has 0 bridgehead atoms. The van der Waals surface area contributed by atoms with Crippen LogP contribution in [-0.4, -0.2) is 67.5 Å². The fourth-order valence-corrected chi connectivity index (χ4v) is 4.05. The predicted octanol–water partition coefficient (Wildman–Crippen LogP) is 3.65.